The van der Waals surface area contributed by atoms with E-state index < -0.39 is 17.4 Å². The molecular weight excluding hydrogens is 556 g/mol. The normalized spacial score (nSPS) is 10.9. The van der Waals surface area contributed by atoms with Crippen LogP contribution in [0.1, 0.15) is 67.9 Å². The van der Waals surface area contributed by atoms with Crippen LogP contribution in [-0.4, -0.2) is 22.2 Å². The fourth-order valence-electron chi connectivity index (χ4n) is 5.95. The lowest BCUT2D eigenvalue weighted by atomic mass is 9.70. The molecule has 0 atom stereocenters. The van der Waals surface area contributed by atoms with E-state index in [0.29, 0.717) is 22.3 Å². The van der Waals surface area contributed by atoms with Gasteiger partial charge in [-0.25, -0.2) is 9.59 Å². The number of hydrogen-bond acceptors (Lipinski definition) is 2. The number of carboxylic acids is 2. The molecular formula is C41H28O4. The average molecular weight is 585 g/mol. The van der Waals surface area contributed by atoms with Gasteiger partial charge in [0.15, 0.2) is 0 Å². The lowest BCUT2D eigenvalue weighted by Gasteiger charge is -2.31. The molecule has 216 valence electrons. The highest BCUT2D eigenvalue weighted by Crippen LogP contribution is 2.40. The Labute approximate surface area is 261 Å². The van der Waals surface area contributed by atoms with Gasteiger partial charge >= 0.3 is 11.9 Å². The minimum Gasteiger partial charge on any atom is -0.478 e. The van der Waals surface area contributed by atoms with Crippen LogP contribution in [0.15, 0.2) is 121 Å². The topological polar surface area (TPSA) is 74.6 Å². The Kier molecular flexibility index (Phi) is 7.66. The van der Waals surface area contributed by atoms with Crippen molar-refractivity contribution in [1.29, 1.82) is 0 Å². The first-order valence-electron chi connectivity index (χ1n) is 14.5. The van der Waals surface area contributed by atoms with Crippen molar-refractivity contribution in [3.8, 4) is 23.7 Å². The van der Waals surface area contributed by atoms with Gasteiger partial charge in [-0.1, -0.05) is 110 Å². The molecule has 0 unspecified atom stereocenters. The van der Waals surface area contributed by atoms with Gasteiger partial charge in [-0.05, 0) is 81.2 Å². The summed E-state index contributed by atoms with van der Waals surface area (Å²) in [5.41, 5.74) is 2.42. The molecule has 0 aromatic heterocycles. The summed E-state index contributed by atoms with van der Waals surface area (Å²) >= 11 is 0. The van der Waals surface area contributed by atoms with Crippen molar-refractivity contribution in [2.24, 2.45) is 0 Å². The Morgan fingerprint density at radius 3 is 1.29 bits per heavy atom. The Hall–Kier alpha value is -6.10. The molecule has 0 fully saturated rings. The number of aromatic carboxylic acids is 2. The first-order chi connectivity index (χ1) is 21.7. The van der Waals surface area contributed by atoms with E-state index in [4.69, 9.17) is 0 Å². The Balaban J connectivity index is 1.52. The van der Waals surface area contributed by atoms with Crippen molar-refractivity contribution >= 4 is 33.5 Å². The summed E-state index contributed by atoms with van der Waals surface area (Å²) in [7, 11) is 0. The van der Waals surface area contributed by atoms with Crippen molar-refractivity contribution in [3.63, 3.8) is 0 Å². The van der Waals surface area contributed by atoms with Crippen molar-refractivity contribution < 1.29 is 19.8 Å². The smallest absolute Gasteiger partial charge is 0.336 e. The van der Waals surface area contributed by atoms with Gasteiger partial charge in [0, 0.05) is 27.7 Å². The predicted molar refractivity (Wildman–Crippen MR) is 179 cm³/mol. The monoisotopic (exact) mass is 584 g/mol. The Morgan fingerprint density at radius 2 is 0.889 bits per heavy atom. The number of benzene rings is 6. The first kappa shape index (κ1) is 29.0. The molecule has 0 saturated heterocycles. The largest absolute Gasteiger partial charge is 0.478 e. The zero-order valence-electron chi connectivity index (χ0n) is 24.8. The van der Waals surface area contributed by atoms with Gasteiger partial charge in [-0.15, -0.1) is 0 Å². The number of carboxylic acid groups (broad SMARTS) is 2. The maximum absolute atomic E-state index is 12.6. The molecule has 45 heavy (non-hydrogen) atoms. The van der Waals surface area contributed by atoms with Crippen LogP contribution in [-0.2, 0) is 5.41 Å². The van der Waals surface area contributed by atoms with Crippen molar-refractivity contribution in [3.05, 3.63) is 166 Å². The fraction of sp³-hybridized carbons (Fsp3) is 0.0732. The van der Waals surface area contributed by atoms with E-state index in [-0.39, 0.29) is 11.1 Å². The summed E-state index contributed by atoms with van der Waals surface area (Å²) in [6.07, 6.45) is 0. The molecule has 0 aliphatic rings. The molecule has 0 aliphatic carbocycles. The third-order valence-corrected chi connectivity index (χ3v) is 8.02. The predicted octanol–water partition coefficient (Wildman–Crippen LogP) is 8.51. The van der Waals surface area contributed by atoms with Crippen LogP contribution in [0, 0.1) is 23.7 Å². The molecule has 6 aromatic rings. The second kappa shape index (κ2) is 11.9. The van der Waals surface area contributed by atoms with Crippen molar-refractivity contribution in [2.75, 3.05) is 0 Å². The molecule has 0 aliphatic heterocycles. The summed E-state index contributed by atoms with van der Waals surface area (Å²) in [5.74, 6) is 10.6. The molecule has 4 nitrogen and oxygen atoms in total. The molecule has 0 saturated carbocycles. The number of hydrogen-bond donors (Lipinski definition) is 2. The van der Waals surface area contributed by atoms with Gasteiger partial charge in [0.25, 0.3) is 0 Å². The summed E-state index contributed by atoms with van der Waals surface area (Å²) in [6.45, 7) is 3.66. The van der Waals surface area contributed by atoms with Gasteiger partial charge in [0.1, 0.15) is 0 Å². The lowest BCUT2D eigenvalue weighted by molar-refractivity contribution is 0.0686. The lowest BCUT2D eigenvalue weighted by Crippen LogP contribution is -2.28. The molecule has 6 rings (SSSR count). The highest BCUT2D eigenvalue weighted by atomic mass is 16.4. The van der Waals surface area contributed by atoms with E-state index in [1.807, 2.05) is 98.8 Å². The third-order valence-electron chi connectivity index (χ3n) is 8.02. The quantitative estimate of drug-likeness (QED) is 0.204. The summed E-state index contributed by atoms with van der Waals surface area (Å²) in [5, 5.41) is 24.9. The van der Waals surface area contributed by atoms with Crippen LogP contribution >= 0.6 is 0 Å². The zero-order chi connectivity index (χ0) is 31.6. The van der Waals surface area contributed by atoms with Gasteiger partial charge in [-0.2, -0.15) is 0 Å². The molecule has 2 N–H and O–H groups in total. The summed E-state index contributed by atoms with van der Waals surface area (Å²) in [6, 6.07) is 37.8. The molecule has 0 spiro atoms. The highest BCUT2D eigenvalue weighted by Gasteiger charge is 2.35. The minimum atomic E-state index is -1.12. The molecule has 4 heteroatoms. The van der Waals surface area contributed by atoms with Crippen LogP contribution in [0.25, 0.3) is 21.5 Å². The van der Waals surface area contributed by atoms with Crippen LogP contribution in [0.2, 0.25) is 0 Å². The van der Waals surface area contributed by atoms with Crippen LogP contribution in [0.5, 0.6) is 0 Å². The van der Waals surface area contributed by atoms with Crippen molar-refractivity contribution in [2.45, 2.75) is 19.3 Å². The molecule has 0 heterocycles. The van der Waals surface area contributed by atoms with Crippen LogP contribution < -0.4 is 0 Å². The number of carbonyl (C=O) groups is 2. The zero-order valence-corrected chi connectivity index (χ0v) is 24.8. The number of rotatable bonds is 4. The Morgan fingerprint density at radius 1 is 0.489 bits per heavy atom. The van der Waals surface area contributed by atoms with E-state index in [1.54, 1.807) is 24.3 Å². The standard InChI is InChI=1S/C41H28O4/c1-41(2,37-31(13-7-15-35(37)39(42)43)23-19-27-17-21-29-9-3-5-11-33(29)25-27)38-32(14-8-16-36(38)40(44)45)24-20-28-18-22-30-10-4-6-12-34(30)26-28/h3-18,21-22,25-26H,1-2H3,(H,42,43)(H,44,45). The van der Waals surface area contributed by atoms with E-state index >= 15 is 0 Å². The third kappa shape index (κ3) is 5.78. The Bertz CT molecular complexity index is 2110. The molecule has 6 aromatic carbocycles. The van der Waals surface area contributed by atoms with Crippen LogP contribution in [0.3, 0.4) is 0 Å². The van der Waals surface area contributed by atoms with E-state index in [1.165, 1.54) is 12.1 Å². The van der Waals surface area contributed by atoms with Crippen molar-refractivity contribution in [1.82, 2.24) is 0 Å². The first-order valence-corrected chi connectivity index (χ1v) is 14.5. The van der Waals surface area contributed by atoms with E-state index in [2.05, 4.69) is 23.7 Å². The molecule has 0 amide bonds. The maximum atomic E-state index is 12.6. The van der Waals surface area contributed by atoms with E-state index in [0.717, 1.165) is 32.7 Å². The van der Waals surface area contributed by atoms with Gasteiger partial charge in [0.2, 0.25) is 0 Å². The minimum absolute atomic E-state index is 0.0546. The molecule has 0 radical (unpaired) electrons. The van der Waals surface area contributed by atoms with Gasteiger partial charge in [0.05, 0.1) is 11.1 Å². The van der Waals surface area contributed by atoms with E-state index in [9.17, 15) is 19.8 Å². The average Bonchev–Trinajstić information content (AvgIpc) is 3.05. The second-order valence-electron chi connectivity index (χ2n) is 11.3. The maximum Gasteiger partial charge on any atom is 0.336 e. The molecule has 0 bridgehead atoms. The SMILES string of the molecule is CC(C)(c1c(C#Cc2ccc3ccccc3c2)cccc1C(=O)O)c1c(C#Cc2ccc3ccccc3c2)cccc1C(=O)O. The fourth-order valence-corrected chi connectivity index (χ4v) is 5.95. The van der Waals surface area contributed by atoms with Gasteiger partial charge < -0.3 is 10.2 Å². The van der Waals surface area contributed by atoms with Gasteiger partial charge in [-0.3, -0.25) is 0 Å². The highest BCUT2D eigenvalue weighted by molar-refractivity contribution is 5.94. The van der Waals surface area contributed by atoms with Crippen LogP contribution in [0.4, 0.5) is 0 Å². The summed E-state index contributed by atoms with van der Waals surface area (Å²) in [4.78, 5) is 25.2. The second-order valence-corrected chi connectivity index (χ2v) is 11.3. The summed E-state index contributed by atoms with van der Waals surface area (Å²) < 4.78 is 0. The number of fused-ring (bicyclic) bond motifs is 2.